The molecule has 26 heavy (non-hydrogen) atoms. The van der Waals surface area contributed by atoms with E-state index in [0.29, 0.717) is 24.3 Å². The molecule has 1 amide bonds. The van der Waals surface area contributed by atoms with Gasteiger partial charge in [0.1, 0.15) is 5.75 Å². The van der Waals surface area contributed by atoms with Crippen molar-refractivity contribution in [3.05, 3.63) is 59.7 Å². The number of phenolic OH excluding ortho intramolecular Hbond substituents is 2. The van der Waals surface area contributed by atoms with Gasteiger partial charge in [-0.2, -0.15) is 0 Å². The lowest BCUT2D eigenvalue weighted by Crippen LogP contribution is -2.23. The number of nitrogens with one attached hydrogen (secondary N) is 1. The van der Waals surface area contributed by atoms with E-state index in [2.05, 4.69) is 5.32 Å². The molecule has 0 unspecified atom stereocenters. The van der Waals surface area contributed by atoms with Gasteiger partial charge in [-0.1, -0.05) is 18.2 Å². The number of carbonyl (C=O) groups excluding carboxylic acids is 1. The van der Waals surface area contributed by atoms with Gasteiger partial charge in [0.05, 0.1) is 0 Å². The molecule has 0 aromatic heterocycles. The summed E-state index contributed by atoms with van der Waals surface area (Å²) in [6.45, 7) is 0.0415. The van der Waals surface area contributed by atoms with E-state index < -0.39 is 5.97 Å². The molecule has 0 atom stereocenters. The van der Waals surface area contributed by atoms with Crippen LogP contribution in [0.1, 0.15) is 11.1 Å². The first-order chi connectivity index (χ1) is 12.4. The Morgan fingerprint density at radius 3 is 2.42 bits per heavy atom. The smallest absolute Gasteiger partial charge is 0.341 e. The zero-order valence-electron chi connectivity index (χ0n) is 13.9. The van der Waals surface area contributed by atoms with Crippen molar-refractivity contribution in [2.24, 2.45) is 0 Å². The fraction of sp³-hybridized carbons (Fsp3) is 0.158. The summed E-state index contributed by atoms with van der Waals surface area (Å²) in [7, 11) is 0. The molecule has 2 aromatic rings. The van der Waals surface area contributed by atoms with Gasteiger partial charge in [-0.25, -0.2) is 4.79 Å². The van der Waals surface area contributed by atoms with Crippen LogP contribution in [0, 0.1) is 0 Å². The van der Waals surface area contributed by atoms with Gasteiger partial charge in [0.15, 0.2) is 18.1 Å². The molecular formula is C19H19NO6. The number of benzene rings is 2. The fourth-order valence-electron chi connectivity index (χ4n) is 2.10. The highest BCUT2D eigenvalue weighted by molar-refractivity contribution is 5.91. The van der Waals surface area contributed by atoms with Gasteiger partial charge in [0, 0.05) is 12.6 Å². The van der Waals surface area contributed by atoms with Crippen molar-refractivity contribution >= 4 is 18.0 Å². The predicted molar refractivity (Wildman–Crippen MR) is 95.1 cm³/mol. The Bertz CT molecular complexity index is 798. The monoisotopic (exact) mass is 357 g/mol. The maximum absolute atomic E-state index is 11.8. The van der Waals surface area contributed by atoms with Gasteiger partial charge in [-0.15, -0.1) is 0 Å². The molecule has 0 aliphatic rings. The van der Waals surface area contributed by atoms with Crippen LogP contribution in [0.15, 0.2) is 48.5 Å². The van der Waals surface area contributed by atoms with Crippen LogP contribution < -0.4 is 10.1 Å². The van der Waals surface area contributed by atoms with E-state index in [1.54, 1.807) is 30.3 Å². The number of phenols is 2. The summed E-state index contributed by atoms with van der Waals surface area (Å²) < 4.78 is 5.04. The second-order valence-electron chi connectivity index (χ2n) is 5.45. The van der Waals surface area contributed by atoms with Crippen molar-refractivity contribution in [1.82, 2.24) is 5.32 Å². The molecule has 0 spiro atoms. The summed E-state index contributed by atoms with van der Waals surface area (Å²) in [5, 5.41) is 29.9. The second-order valence-corrected chi connectivity index (χ2v) is 5.45. The van der Waals surface area contributed by atoms with Crippen LogP contribution in [0.25, 0.3) is 6.08 Å². The molecule has 0 saturated heterocycles. The molecule has 0 heterocycles. The number of rotatable bonds is 8. The first-order valence-corrected chi connectivity index (χ1v) is 7.85. The maximum Gasteiger partial charge on any atom is 0.341 e. The van der Waals surface area contributed by atoms with E-state index in [9.17, 15) is 19.8 Å². The molecule has 0 fully saturated rings. The third-order valence-corrected chi connectivity index (χ3v) is 3.43. The maximum atomic E-state index is 11.8. The Kier molecular flexibility index (Phi) is 6.61. The molecule has 7 heteroatoms. The highest BCUT2D eigenvalue weighted by atomic mass is 16.5. The molecular weight excluding hydrogens is 338 g/mol. The van der Waals surface area contributed by atoms with E-state index in [4.69, 9.17) is 9.84 Å². The summed E-state index contributed by atoms with van der Waals surface area (Å²) in [5.41, 5.74) is 1.56. The molecule has 0 aliphatic carbocycles. The molecule has 0 radical (unpaired) electrons. The topological polar surface area (TPSA) is 116 Å². The molecule has 2 rings (SSSR count). The van der Waals surface area contributed by atoms with Crippen molar-refractivity contribution in [2.75, 3.05) is 13.2 Å². The predicted octanol–water partition coefficient (Wildman–Crippen LogP) is 1.93. The number of aromatic hydroxyl groups is 2. The Morgan fingerprint density at radius 2 is 1.77 bits per heavy atom. The summed E-state index contributed by atoms with van der Waals surface area (Å²) in [6.07, 6.45) is 3.48. The van der Waals surface area contributed by atoms with Crippen molar-refractivity contribution < 1.29 is 29.6 Å². The van der Waals surface area contributed by atoms with Crippen molar-refractivity contribution in [2.45, 2.75) is 6.42 Å². The number of carboxylic acids is 1. The van der Waals surface area contributed by atoms with Crippen LogP contribution in [0.4, 0.5) is 0 Å². The molecule has 7 nitrogen and oxygen atoms in total. The average molecular weight is 357 g/mol. The van der Waals surface area contributed by atoms with Gasteiger partial charge in [0.2, 0.25) is 5.91 Å². The number of carboxylic acid groups (broad SMARTS) is 1. The number of hydrogen-bond acceptors (Lipinski definition) is 5. The van der Waals surface area contributed by atoms with Crippen molar-refractivity contribution in [3.8, 4) is 17.2 Å². The van der Waals surface area contributed by atoms with Gasteiger partial charge in [-0.3, -0.25) is 4.79 Å². The molecule has 136 valence electrons. The third kappa shape index (κ3) is 6.20. The number of hydrogen-bond donors (Lipinski definition) is 4. The van der Waals surface area contributed by atoms with Crippen LogP contribution in [0.5, 0.6) is 17.2 Å². The van der Waals surface area contributed by atoms with E-state index >= 15 is 0 Å². The summed E-state index contributed by atoms with van der Waals surface area (Å²) >= 11 is 0. The largest absolute Gasteiger partial charge is 0.504 e. The zero-order chi connectivity index (χ0) is 18.9. The molecule has 2 aromatic carbocycles. The summed E-state index contributed by atoms with van der Waals surface area (Å²) in [5.74, 6) is -1.30. The third-order valence-electron chi connectivity index (χ3n) is 3.43. The van der Waals surface area contributed by atoms with Crippen LogP contribution in [0.2, 0.25) is 0 Å². The van der Waals surface area contributed by atoms with Crippen LogP contribution in [-0.2, 0) is 16.0 Å². The highest BCUT2D eigenvalue weighted by Gasteiger charge is 2.01. The number of ether oxygens (including phenoxy) is 1. The molecule has 4 N–H and O–H groups in total. The molecule has 0 saturated carbocycles. The van der Waals surface area contributed by atoms with Crippen molar-refractivity contribution in [1.29, 1.82) is 0 Å². The Hall–Kier alpha value is -3.48. The Balaban J connectivity index is 1.76. The lowest BCUT2D eigenvalue weighted by atomic mass is 10.1. The number of carbonyl (C=O) groups is 2. The summed E-state index contributed by atoms with van der Waals surface area (Å²) in [4.78, 5) is 22.2. The van der Waals surface area contributed by atoms with E-state index in [1.807, 2.05) is 0 Å². The van der Waals surface area contributed by atoms with E-state index in [-0.39, 0.29) is 24.0 Å². The highest BCUT2D eigenvalue weighted by Crippen LogP contribution is 2.25. The first kappa shape index (κ1) is 18.9. The first-order valence-electron chi connectivity index (χ1n) is 7.85. The Labute approximate surface area is 150 Å². The zero-order valence-corrected chi connectivity index (χ0v) is 13.9. The lowest BCUT2D eigenvalue weighted by Gasteiger charge is -2.06. The summed E-state index contributed by atoms with van der Waals surface area (Å²) in [6, 6.07) is 11.2. The van der Waals surface area contributed by atoms with Gasteiger partial charge < -0.3 is 25.4 Å². The minimum absolute atomic E-state index is 0.217. The number of aliphatic carboxylic acids is 1. The normalized spacial score (nSPS) is 10.6. The van der Waals surface area contributed by atoms with Crippen LogP contribution in [0.3, 0.4) is 0 Å². The van der Waals surface area contributed by atoms with Gasteiger partial charge >= 0.3 is 5.97 Å². The Morgan fingerprint density at radius 1 is 1.04 bits per heavy atom. The van der Waals surface area contributed by atoms with Gasteiger partial charge in [0.25, 0.3) is 0 Å². The van der Waals surface area contributed by atoms with E-state index in [0.717, 1.165) is 5.56 Å². The second kappa shape index (κ2) is 9.12. The fourth-order valence-corrected chi connectivity index (χ4v) is 2.10. The minimum atomic E-state index is -1.03. The lowest BCUT2D eigenvalue weighted by molar-refractivity contribution is -0.139. The van der Waals surface area contributed by atoms with Gasteiger partial charge in [-0.05, 0) is 47.9 Å². The SMILES string of the molecule is O=C(O)COc1ccc(CCNC(=O)/C=C/c2ccc(O)c(O)c2)cc1. The van der Waals surface area contributed by atoms with Crippen molar-refractivity contribution in [3.63, 3.8) is 0 Å². The standard InChI is InChI=1S/C19H19NO6/c21-16-7-3-14(11-17(16)22)4-8-18(23)20-10-9-13-1-5-15(6-2-13)26-12-19(24)25/h1-8,11,21-22H,9-10,12H2,(H,20,23)(H,24,25)/b8-4+. The molecule has 0 aliphatic heterocycles. The molecule has 0 bridgehead atoms. The van der Waals surface area contributed by atoms with E-state index in [1.165, 1.54) is 24.3 Å². The van der Waals surface area contributed by atoms with Crippen LogP contribution in [-0.4, -0.2) is 40.3 Å². The van der Waals surface area contributed by atoms with Crippen LogP contribution >= 0.6 is 0 Å². The minimum Gasteiger partial charge on any atom is -0.504 e. The quantitative estimate of drug-likeness (QED) is 0.424. The number of amides is 1. The average Bonchev–Trinajstić information content (AvgIpc) is 2.62.